The molecule has 1 amide bonds. The van der Waals surface area contributed by atoms with Gasteiger partial charge in [0.1, 0.15) is 5.75 Å². The highest BCUT2D eigenvalue weighted by molar-refractivity contribution is 5.80. The van der Waals surface area contributed by atoms with E-state index in [1.54, 1.807) is 7.11 Å². The third kappa shape index (κ3) is 4.28. The molecule has 0 radical (unpaired) electrons. The lowest BCUT2D eigenvalue weighted by Gasteiger charge is -2.20. The molecule has 24 heavy (non-hydrogen) atoms. The molecule has 3 rings (SSSR count). The number of ether oxygens (including phenoxy) is 2. The Morgan fingerprint density at radius 1 is 1.25 bits per heavy atom. The average molecular weight is 331 g/mol. The van der Waals surface area contributed by atoms with Crippen LogP contribution in [0.4, 0.5) is 0 Å². The SMILES string of the molecule is COc1cccc(CNC(=O)COC(=O)C[C@@H]2C[C@H]3CC[C@@H]2C3)c1. The first kappa shape index (κ1) is 16.8. The van der Waals surface area contributed by atoms with Crippen molar-refractivity contribution in [3.8, 4) is 5.75 Å². The Morgan fingerprint density at radius 2 is 2.12 bits per heavy atom. The Hall–Kier alpha value is -2.04. The van der Waals surface area contributed by atoms with Crippen molar-refractivity contribution >= 4 is 11.9 Å². The molecule has 2 bridgehead atoms. The van der Waals surface area contributed by atoms with E-state index in [0.717, 1.165) is 23.7 Å². The number of benzene rings is 1. The summed E-state index contributed by atoms with van der Waals surface area (Å²) in [5.74, 6) is 2.21. The van der Waals surface area contributed by atoms with Crippen LogP contribution in [0, 0.1) is 17.8 Å². The van der Waals surface area contributed by atoms with Gasteiger partial charge in [0.2, 0.25) is 0 Å². The standard InChI is InChI=1S/C19H25NO4/c1-23-17-4-2-3-14(9-17)11-20-18(21)12-24-19(22)10-16-8-13-5-6-15(16)7-13/h2-4,9,13,15-16H,5-8,10-12H2,1H3,(H,20,21)/t13-,15+,16-/m0/s1. The van der Waals surface area contributed by atoms with Crippen LogP contribution in [-0.4, -0.2) is 25.6 Å². The van der Waals surface area contributed by atoms with E-state index >= 15 is 0 Å². The minimum absolute atomic E-state index is 0.205. The zero-order valence-electron chi connectivity index (χ0n) is 14.1. The summed E-state index contributed by atoms with van der Waals surface area (Å²) in [6.45, 7) is 0.184. The normalized spacial score (nSPS) is 24.6. The van der Waals surface area contributed by atoms with Gasteiger partial charge in [-0.3, -0.25) is 9.59 Å². The number of rotatable bonds is 7. The fourth-order valence-corrected chi connectivity index (χ4v) is 4.08. The molecule has 0 spiro atoms. The summed E-state index contributed by atoms with van der Waals surface area (Å²) < 4.78 is 10.3. The van der Waals surface area contributed by atoms with Gasteiger partial charge in [-0.2, -0.15) is 0 Å². The van der Waals surface area contributed by atoms with Crippen LogP contribution in [0.25, 0.3) is 0 Å². The van der Waals surface area contributed by atoms with Crippen LogP contribution in [0.1, 0.15) is 37.7 Å². The van der Waals surface area contributed by atoms with Gasteiger partial charge >= 0.3 is 5.97 Å². The van der Waals surface area contributed by atoms with Crippen LogP contribution in [0.5, 0.6) is 5.75 Å². The van der Waals surface area contributed by atoms with E-state index in [1.165, 1.54) is 19.3 Å². The Labute approximate surface area is 142 Å². The van der Waals surface area contributed by atoms with Gasteiger partial charge in [-0.15, -0.1) is 0 Å². The van der Waals surface area contributed by atoms with E-state index < -0.39 is 0 Å². The quantitative estimate of drug-likeness (QED) is 0.780. The lowest BCUT2D eigenvalue weighted by Crippen LogP contribution is -2.29. The van der Waals surface area contributed by atoms with Crippen molar-refractivity contribution in [3.05, 3.63) is 29.8 Å². The van der Waals surface area contributed by atoms with Crippen molar-refractivity contribution in [1.82, 2.24) is 5.32 Å². The molecule has 1 N–H and O–H groups in total. The Balaban J connectivity index is 1.35. The highest BCUT2D eigenvalue weighted by atomic mass is 16.5. The molecule has 2 aliphatic rings. The number of hydrogen-bond acceptors (Lipinski definition) is 4. The molecular weight excluding hydrogens is 306 g/mol. The first-order chi connectivity index (χ1) is 11.6. The molecule has 0 aliphatic heterocycles. The van der Waals surface area contributed by atoms with Gasteiger partial charge in [0.05, 0.1) is 7.11 Å². The van der Waals surface area contributed by atoms with E-state index in [-0.39, 0.29) is 18.5 Å². The molecule has 5 heteroatoms. The van der Waals surface area contributed by atoms with E-state index in [2.05, 4.69) is 5.32 Å². The summed E-state index contributed by atoms with van der Waals surface area (Å²) in [6, 6.07) is 7.49. The monoisotopic (exact) mass is 331 g/mol. The predicted octanol–water partition coefficient (Wildman–Crippen LogP) is 2.68. The Kier molecular flexibility index (Phi) is 5.38. The molecule has 1 aromatic carbocycles. The zero-order chi connectivity index (χ0) is 16.9. The lowest BCUT2D eigenvalue weighted by molar-refractivity contribution is -0.149. The second-order valence-corrected chi connectivity index (χ2v) is 6.93. The number of amides is 1. The molecule has 2 aliphatic carbocycles. The molecule has 0 saturated heterocycles. The second kappa shape index (κ2) is 7.69. The van der Waals surface area contributed by atoms with E-state index in [4.69, 9.17) is 9.47 Å². The van der Waals surface area contributed by atoms with Crippen molar-refractivity contribution in [3.63, 3.8) is 0 Å². The van der Waals surface area contributed by atoms with Gasteiger partial charge in [-0.25, -0.2) is 0 Å². The van der Waals surface area contributed by atoms with Gasteiger partial charge in [0.15, 0.2) is 6.61 Å². The zero-order valence-corrected chi connectivity index (χ0v) is 14.1. The first-order valence-corrected chi connectivity index (χ1v) is 8.69. The van der Waals surface area contributed by atoms with Gasteiger partial charge in [-0.05, 0) is 54.7 Å². The third-order valence-corrected chi connectivity index (χ3v) is 5.30. The number of fused-ring (bicyclic) bond motifs is 2. The van der Waals surface area contributed by atoms with Crippen LogP contribution in [0.2, 0.25) is 0 Å². The maximum Gasteiger partial charge on any atom is 0.306 e. The fraction of sp³-hybridized carbons (Fsp3) is 0.579. The lowest BCUT2D eigenvalue weighted by atomic mass is 9.86. The number of nitrogens with one attached hydrogen (secondary N) is 1. The van der Waals surface area contributed by atoms with Gasteiger partial charge < -0.3 is 14.8 Å². The van der Waals surface area contributed by atoms with Crippen molar-refractivity contribution in [2.45, 2.75) is 38.6 Å². The molecule has 3 atom stereocenters. The van der Waals surface area contributed by atoms with E-state index in [0.29, 0.717) is 24.8 Å². The molecule has 5 nitrogen and oxygen atoms in total. The number of carbonyl (C=O) groups is 2. The highest BCUT2D eigenvalue weighted by Gasteiger charge is 2.40. The minimum Gasteiger partial charge on any atom is -0.497 e. The molecule has 0 unspecified atom stereocenters. The first-order valence-electron chi connectivity index (χ1n) is 8.69. The van der Waals surface area contributed by atoms with Gasteiger partial charge in [0.25, 0.3) is 5.91 Å². The Bertz CT molecular complexity index is 601. The van der Waals surface area contributed by atoms with Crippen molar-refractivity contribution in [2.75, 3.05) is 13.7 Å². The maximum atomic E-state index is 11.9. The van der Waals surface area contributed by atoms with Crippen LogP contribution in [0.3, 0.4) is 0 Å². The molecule has 2 fully saturated rings. The highest BCUT2D eigenvalue weighted by Crippen LogP contribution is 2.49. The largest absolute Gasteiger partial charge is 0.497 e. The predicted molar refractivity (Wildman–Crippen MR) is 89.4 cm³/mol. The number of hydrogen-bond donors (Lipinski definition) is 1. The summed E-state index contributed by atoms with van der Waals surface area (Å²) in [4.78, 5) is 23.7. The fourth-order valence-electron chi connectivity index (χ4n) is 4.08. The van der Waals surface area contributed by atoms with Crippen LogP contribution >= 0.6 is 0 Å². The average Bonchev–Trinajstić information content (AvgIpc) is 3.21. The summed E-state index contributed by atoms with van der Waals surface area (Å²) in [5.41, 5.74) is 0.941. The van der Waals surface area contributed by atoms with Crippen molar-refractivity contribution in [1.29, 1.82) is 0 Å². The van der Waals surface area contributed by atoms with E-state index in [1.807, 2.05) is 24.3 Å². The molecule has 0 heterocycles. The van der Waals surface area contributed by atoms with Crippen LogP contribution in [-0.2, 0) is 20.9 Å². The second-order valence-electron chi connectivity index (χ2n) is 6.93. The topological polar surface area (TPSA) is 64.6 Å². The number of esters is 1. The third-order valence-electron chi connectivity index (χ3n) is 5.30. The molecule has 1 aromatic rings. The summed E-state index contributed by atoms with van der Waals surface area (Å²) in [6.07, 6.45) is 5.47. The number of methoxy groups -OCH3 is 1. The summed E-state index contributed by atoms with van der Waals surface area (Å²) >= 11 is 0. The van der Waals surface area contributed by atoms with Crippen LogP contribution in [0.15, 0.2) is 24.3 Å². The van der Waals surface area contributed by atoms with Crippen molar-refractivity contribution in [2.24, 2.45) is 17.8 Å². The summed E-state index contributed by atoms with van der Waals surface area (Å²) in [5, 5.41) is 2.75. The Morgan fingerprint density at radius 3 is 2.83 bits per heavy atom. The van der Waals surface area contributed by atoms with Crippen LogP contribution < -0.4 is 10.1 Å². The van der Waals surface area contributed by atoms with Gasteiger partial charge in [0, 0.05) is 13.0 Å². The van der Waals surface area contributed by atoms with E-state index in [9.17, 15) is 9.59 Å². The maximum absolute atomic E-state index is 11.9. The number of carbonyl (C=O) groups excluding carboxylic acids is 2. The molecular formula is C19H25NO4. The van der Waals surface area contributed by atoms with Crippen molar-refractivity contribution < 1.29 is 19.1 Å². The molecule has 0 aromatic heterocycles. The summed E-state index contributed by atoms with van der Waals surface area (Å²) in [7, 11) is 1.60. The van der Waals surface area contributed by atoms with Gasteiger partial charge in [-0.1, -0.05) is 18.6 Å². The molecule has 2 saturated carbocycles. The smallest absolute Gasteiger partial charge is 0.306 e. The minimum atomic E-state index is -0.279. The molecule has 130 valence electrons.